The summed E-state index contributed by atoms with van der Waals surface area (Å²) in [5.41, 5.74) is 1.53. The Morgan fingerprint density at radius 1 is 1.39 bits per heavy atom. The van der Waals surface area contributed by atoms with E-state index in [0.29, 0.717) is 11.5 Å². The number of alkyl halides is 1. The molecular formula is C15H25ClN2. The van der Waals surface area contributed by atoms with E-state index in [-0.39, 0.29) is 0 Å². The second-order valence-electron chi connectivity index (χ2n) is 5.92. The van der Waals surface area contributed by atoms with Crippen molar-refractivity contribution < 1.29 is 0 Å². The predicted octanol–water partition coefficient (Wildman–Crippen LogP) is 4.59. The maximum atomic E-state index is 6.25. The average Bonchev–Trinajstić information content (AvgIpc) is 2.87. The maximum Gasteiger partial charge on any atom is 0.0630 e. The Morgan fingerprint density at radius 3 is 2.72 bits per heavy atom. The molecule has 2 rings (SSSR count). The minimum Gasteiger partial charge on any atom is -0.270 e. The van der Waals surface area contributed by atoms with Crippen LogP contribution in [-0.4, -0.2) is 15.7 Å². The predicted molar refractivity (Wildman–Crippen MR) is 77.2 cm³/mol. The molecule has 3 heteroatoms. The second kappa shape index (κ2) is 6.10. The normalized spacial score (nSPS) is 20.8. The van der Waals surface area contributed by atoms with Crippen molar-refractivity contribution in [2.75, 3.05) is 5.88 Å². The number of hydrogen-bond donors (Lipinski definition) is 0. The van der Waals surface area contributed by atoms with Crippen LogP contribution < -0.4 is 0 Å². The maximum absolute atomic E-state index is 6.25. The van der Waals surface area contributed by atoms with Gasteiger partial charge in [0.15, 0.2) is 0 Å². The van der Waals surface area contributed by atoms with E-state index in [1.165, 1.54) is 37.8 Å². The number of hydrogen-bond acceptors (Lipinski definition) is 1. The third kappa shape index (κ3) is 3.09. The topological polar surface area (TPSA) is 17.8 Å². The van der Waals surface area contributed by atoms with Gasteiger partial charge in [0.25, 0.3) is 0 Å². The molecule has 1 aliphatic rings. The van der Waals surface area contributed by atoms with E-state index in [9.17, 15) is 0 Å². The SMILES string of the molecule is CCC(C)n1ccc(CC2(CCl)CCCCC2)n1. The lowest BCUT2D eigenvalue weighted by atomic mass is 9.72. The molecule has 0 bridgehead atoms. The van der Waals surface area contributed by atoms with Crippen LogP contribution in [0.3, 0.4) is 0 Å². The molecular weight excluding hydrogens is 244 g/mol. The van der Waals surface area contributed by atoms with E-state index in [4.69, 9.17) is 16.7 Å². The molecule has 1 aromatic rings. The lowest BCUT2D eigenvalue weighted by molar-refractivity contribution is 0.217. The van der Waals surface area contributed by atoms with Gasteiger partial charge in [-0.2, -0.15) is 5.10 Å². The van der Waals surface area contributed by atoms with Gasteiger partial charge in [0, 0.05) is 18.1 Å². The zero-order valence-electron chi connectivity index (χ0n) is 11.7. The monoisotopic (exact) mass is 268 g/mol. The van der Waals surface area contributed by atoms with E-state index >= 15 is 0 Å². The molecule has 0 radical (unpaired) electrons. The standard InChI is InChI=1S/C15H25ClN2/c1-3-13(2)18-10-7-14(17-18)11-15(12-16)8-5-4-6-9-15/h7,10,13H,3-6,8-9,11-12H2,1-2H3. The quantitative estimate of drug-likeness (QED) is 0.715. The van der Waals surface area contributed by atoms with Crippen LogP contribution in [0.5, 0.6) is 0 Å². The molecule has 0 amide bonds. The Hall–Kier alpha value is -0.500. The van der Waals surface area contributed by atoms with Gasteiger partial charge in [-0.05, 0) is 44.1 Å². The first kappa shape index (κ1) is 13.9. The first-order valence-electron chi connectivity index (χ1n) is 7.29. The van der Waals surface area contributed by atoms with Crippen molar-refractivity contribution in [1.29, 1.82) is 0 Å². The summed E-state index contributed by atoms with van der Waals surface area (Å²) >= 11 is 6.25. The summed E-state index contributed by atoms with van der Waals surface area (Å²) in [6.45, 7) is 4.42. The third-order valence-electron chi connectivity index (χ3n) is 4.46. The summed E-state index contributed by atoms with van der Waals surface area (Å²) in [6, 6.07) is 2.67. The van der Waals surface area contributed by atoms with Gasteiger partial charge in [0.1, 0.15) is 0 Å². The van der Waals surface area contributed by atoms with Crippen LogP contribution in [0.4, 0.5) is 0 Å². The molecule has 0 aromatic carbocycles. The Bertz CT molecular complexity index is 366. The Balaban J connectivity index is 2.05. The van der Waals surface area contributed by atoms with Gasteiger partial charge in [-0.15, -0.1) is 11.6 Å². The van der Waals surface area contributed by atoms with E-state index < -0.39 is 0 Å². The number of nitrogens with zero attached hydrogens (tertiary/aromatic N) is 2. The summed E-state index contributed by atoms with van der Waals surface area (Å²) in [7, 11) is 0. The number of rotatable bonds is 5. The average molecular weight is 269 g/mol. The van der Waals surface area contributed by atoms with Crippen LogP contribution in [0.25, 0.3) is 0 Å². The number of halogens is 1. The fourth-order valence-electron chi connectivity index (χ4n) is 2.95. The molecule has 2 nitrogen and oxygen atoms in total. The van der Waals surface area contributed by atoms with Crippen LogP contribution in [0.2, 0.25) is 0 Å². The smallest absolute Gasteiger partial charge is 0.0630 e. The summed E-state index contributed by atoms with van der Waals surface area (Å²) in [6.07, 6.45) is 10.9. The molecule has 0 saturated heterocycles. The van der Waals surface area contributed by atoms with Gasteiger partial charge >= 0.3 is 0 Å². The highest BCUT2D eigenvalue weighted by Gasteiger charge is 2.32. The largest absolute Gasteiger partial charge is 0.270 e. The van der Waals surface area contributed by atoms with Crippen molar-refractivity contribution in [1.82, 2.24) is 9.78 Å². The third-order valence-corrected chi connectivity index (χ3v) is 5.03. The van der Waals surface area contributed by atoms with Crippen molar-refractivity contribution in [2.45, 2.75) is 64.8 Å². The summed E-state index contributed by atoms with van der Waals surface area (Å²) in [5.74, 6) is 0.781. The molecule has 0 N–H and O–H groups in total. The summed E-state index contributed by atoms with van der Waals surface area (Å²) in [4.78, 5) is 0. The first-order chi connectivity index (χ1) is 8.69. The van der Waals surface area contributed by atoms with Crippen LogP contribution in [-0.2, 0) is 6.42 Å². The molecule has 1 heterocycles. The second-order valence-corrected chi connectivity index (χ2v) is 6.18. The van der Waals surface area contributed by atoms with Crippen LogP contribution in [0, 0.1) is 5.41 Å². The van der Waals surface area contributed by atoms with Crippen molar-refractivity contribution >= 4 is 11.6 Å². The summed E-state index contributed by atoms with van der Waals surface area (Å²) in [5, 5.41) is 4.73. The molecule has 18 heavy (non-hydrogen) atoms. The minimum atomic E-state index is 0.314. The molecule has 1 fully saturated rings. The molecule has 0 aliphatic heterocycles. The van der Waals surface area contributed by atoms with E-state index in [0.717, 1.165) is 18.7 Å². The highest BCUT2D eigenvalue weighted by Crippen LogP contribution is 2.40. The van der Waals surface area contributed by atoms with Gasteiger partial charge in [-0.3, -0.25) is 4.68 Å². The fourth-order valence-corrected chi connectivity index (χ4v) is 3.31. The zero-order valence-corrected chi connectivity index (χ0v) is 12.4. The Labute approximate surface area is 116 Å². The molecule has 1 atom stereocenters. The van der Waals surface area contributed by atoms with Crippen LogP contribution in [0.1, 0.15) is 64.1 Å². The van der Waals surface area contributed by atoms with Crippen molar-refractivity contribution in [3.63, 3.8) is 0 Å². The van der Waals surface area contributed by atoms with Gasteiger partial charge in [-0.25, -0.2) is 0 Å². The first-order valence-corrected chi connectivity index (χ1v) is 7.82. The van der Waals surface area contributed by atoms with E-state index in [1.807, 2.05) is 0 Å². The fraction of sp³-hybridized carbons (Fsp3) is 0.800. The van der Waals surface area contributed by atoms with Crippen molar-refractivity contribution in [3.8, 4) is 0 Å². The highest BCUT2D eigenvalue weighted by molar-refractivity contribution is 6.18. The molecule has 1 saturated carbocycles. The molecule has 102 valence electrons. The van der Waals surface area contributed by atoms with Gasteiger partial charge in [0.2, 0.25) is 0 Å². The van der Waals surface area contributed by atoms with E-state index in [2.05, 4.69) is 30.8 Å². The zero-order chi connectivity index (χ0) is 13.0. The van der Waals surface area contributed by atoms with Crippen LogP contribution in [0.15, 0.2) is 12.3 Å². The van der Waals surface area contributed by atoms with Gasteiger partial charge in [-0.1, -0.05) is 26.2 Å². The van der Waals surface area contributed by atoms with Crippen LogP contribution >= 0.6 is 11.6 Å². The molecule has 1 aromatic heterocycles. The lowest BCUT2D eigenvalue weighted by Crippen LogP contribution is -2.29. The highest BCUT2D eigenvalue weighted by atomic mass is 35.5. The summed E-state index contributed by atoms with van der Waals surface area (Å²) < 4.78 is 2.10. The Morgan fingerprint density at radius 2 is 2.11 bits per heavy atom. The minimum absolute atomic E-state index is 0.314. The molecule has 1 unspecified atom stereocenters. The van der Waals surface area contributed by atoms with Gasteiger partial charge in [0.05, 0.1) is 5.69 Å². The number of aromatic nitrogens is 2. The lowest BCUT2D eigenvalue weighted by Gasteiger charge is -2.35. The molecule has 0 spiro atoms. The van der Waals surface area contributed by atoms with Crippen molar-refractivity contribution in [2.24, 2.45) is 5.41 Å². The van der Waals surface area contributed by atoms with E-state index in [1.54, 1.807) is 0 Å². The Kier molecular flexibility index (Phi) is 4.71. The van der Waals surface area contributed by atoms with Crippen molar-refractivity contribution in [3.05, 3.63) is 18.0 Å². The molecule has 1 aliphatic carbocycles. The van der Waals surface area contributed by atoms with Gasteiger partial charge < -0.3 is 0 Å².